The summed E-state index contributed by atoms with van der Waals surface area (Å²) in [6, 6.07) is 0.116. The number of amides is 2. The van der Waals surface area contributed by atoms with Crippen molar-refractivity contribution in [3.8, 4) is 0 Å². The van der Waals surface area contributed by atoms with Gasteiger partial charge in [0.1, 0.15) is 0 Å². The highest BCUT2D eigenvalue weighted by Crippen LogP contribution is 2.23. The maximum atomic E-state index is 12.3. The van der Waals surface area contributed by atoms with Crippen molar-refractivity contribution in [2.45, 2.75) is 32.6 Å². The molecule has 0 aromatic carbocycles. The normalized spacial score (nSPS) is 23.4. The van der Waals surface area contributed by atoms with Gasteiger partial charge in [-0.05, 0) is 32.1 Å². The molecule has 1 saturated heterocycles. The highest BCUT2D eigenvalue weighted by molar-refractivity contribution is 5.75. The summed E-state index contributed by atoms with van der Waals surface area (Å²) < 4.78 is 0. The van der Waals surface area contributed by atoms with E-state index in [2.05, 4.69) is 13.0 Å². The molecule has 1 N–H and O–H groups in total. The lowest BCUT2D eigenvalue weighted by molar-refractivity contribution is -0.137. The second kappa shape index (κ2) is 6.08. The van der Waals surface area contributed by atoms with E-state index in [1.54, 1.807) is 0 Å². The molecule has 106 valence electrons. The fourth-order valence-corrected chi connectivity index (χ4v) is 2.84. The van der Waals surface area contributed by atoms with Crippen LogP contribution in [0.15, 0.2) is 11.6 Å². The molecule has 19 heavy (non-hydrogen) atoms. The summed E-state index contributed by atoms with van der Waals surface area (Å²) in [5.41, 5.74) is 1.25. The molecule has 1 atom stereocenters. The number of hydrogen-bond acceptors (Lipinski definition) is 2. The summed E-state index contributed by atoms with van der Waals surface area (Å²) in [6.07, 6.45) is 4.94. The number of carbonyl (C=O) groups is 2. The Morgan fingerprint density at radius 3 is 2.84 bits per heavy atom. The van der Waals surface area contributed by atoms with Gasteiger partial charge in [0.15, 0.2) is 0 Å². The van der Waals surface area contributed by atoms with E-state index in [0.29, 0.717) is 18.9 Å². The van der Waals surface area contributed by atoms with Crippen LogP contribution in [0.3, 0.4) is 0 Å². The van der Waals surface area contributed by atoms with E-state index in [1.807, 2.05) is 9.80 Å². The van der Waals surface area contributed by atoms with Gasteiger partial charge in [-0.15, -0.1) is 0 Å². The third-order valence-corrected chi connectivity index (χ3v) is 3.93. The molecule has 0 aliphatic carbocycles. The van der Waals surface area contributed by atoms with Gasteiger partial charge in [-0.2, -0.15) is 0 Å². The zero-order valence-corrected chi connectivity index (χ0v) is 11.5. The highest BCUT2D eigenvalue weighted by atomic mass is 16.4. The molecule has 2 aliphatic rings. The summed E-state index contributed by atoms with van der Waals surface area (Å²) in [4.78, 5) is 26.7. The van der Waals surface area contributed by atoms with Gasteiger partial charge < -0.3 is 14.9 Å². The minimum absolute atomic E-state index is 0.116. The molecule has 2 heterocycles. The van der Waals surface area contributed by atoms with Gasteiger partial charge in [0.2, 0.25) is 0 Å². The second-order valence-corrected chi connectivity index (χ2v) is 5.58. The van der Waals surface area contributed by atoms with Crippen LogP contribution in [0.5, 0.6) is 0 Å². The quantitative estimate of drug-likeness (QED) is 0.794. The van der Waals surface area contributed by atoms with Crippen molar-refractivity contribution >= 4 is 12.0 Å². The minimum atomic E-state index is -0.749. The Morgan fingerprint density at radius 1 is 1.37 bits per heavy atom. The predicted octanol–water partition coefficient (Wildman–Crippen LogP) is 1.95. The first-order valence-electron chi connectivity index (χ1n) is 6.97. The molecule has 0 bridgehead atoms. The molecule has 2 rings (SSSR count). The summed E-state index contributed by atoms with van der Waals surface area (Å²) in [7, 11) is 0. The topological polar surface area (TPSA) is 60.9 Å². The van der Waals surface area contributed by atoms with Gasteiger partial charge in [-0.3, -0.25) is 4.79 Å². The fraction of sp³-hybridized carbons (Fsp3) is 0.714. The van der Waals surface area contributed by atoms with Crippen molar-refractivity contribution in [2.75, 3.05) is 26.2 Å². The van der Waals surface area contributed by atoms with E-state index in [0.717, 1.165) is 32.5 Å². The van der Waals surface area contributed by atoms with Gasteiger partial charge in [0.25, 0.3) is 0 Å². The second-order valence-electron chi connectivity index (χ2n) is 5.58. The number of likely N-dealkylation sites (tertiary alicyclic amines) is 1. The summed E-state index contributed by atoms with van der Waals surface area (Å²) in [6.45, 7) is 5.06. The molecular weight excluding hydrogens is 244 g/mol. The highest BCUT2D eigenvalue weighted by Gasteiger charge is 2.29. The summed E-state index contributed by atoms with van der Waals surface area (Å²) in [5, 5.41) is 8.69. The van der Waals surface area contributed by atoms with Crippen molar-refractivity contribution in [3.63, 3.8) is 0 Å². The van der Waals surface area contributed by atoms with Crippen LogP contribution in [0.25, 0.3) is 0 Å². The van der Waals surface area contributed by atoms with Crippen LogP contribution in [-0.4, -0.2) is 53.1 Å². The maximum Gasteiger partial charge on any atom is 0.320 e. The standard InChI is InChI=1S/C14H22N2O3/c1-11-3-2-7-15(9-11)14(19)16-8-6-12(10-16)4-5-13(17)18/h3,12H,2,4-10H2,1H3,(H,17,18). The average molecular weight is 266 g/mol. The van der Waals surface area contributed by atoms with Crippen LogP contribution in [0.4, 0.5) is 4.79 Å². The maximum absolute atomic E-state index is 12.3. The molecule has 0 saturated carbocycles. The molecular formula is C14H22N2O3. The number of hydrogen-bond donors (Lipinski definition) is 1. The molecule has 2 amide bonds. The summed E-state index contributed by atoms with van der Waals surface area (Å²) in [5.74, 6) is -0.400. The average Bonchev–Trinajstić information content (AvgIpc) is 2.84. The van der Waals surface area contributed by atoms with E-state index in [1.165, 1.54) is 5.57 Å². The van der Waals surface area contributed by atoms with Gasteiger partial charge in [-0.1, -0.05) is 11.6 Å². The third-order valence-electron chi connectivity index (χ3n) is 3.93. The number of carboxylic acids is 1. The van der Waals surface area contributed by atoms with Crippen molar-refractivity contribution < 1.29 is 14.7 Å². The number of aliphatic carboxylic acids is 1. The monoisotopic (exact) mass is 266 g/mol. The van der Waals surface area contributed by atoms with E-state index in [4.69, 9.17) is 5.11 Å². The first-order valence-corrected chi connectivity index (χ1v) is 6.97. The Labute approximate surface area is 113 Å². The lowest BCUT2D eigenvalue weighted by Crippen LogP contribution is -2.44. The van der Waals surface area contributed by atoms with E-state index in [-0.39, 0.29) is 12.5 Å². The van der Waals surface area contributed by atoms with Crippen LogP contribution >= 0.6 is 0 Å². The molecule has 1 fully saturated rings. The Kier molecular flexibility index (Phi) is 4.45. The van der Waals surface area contributed by atoms with Crippen molar-refractivity contribution in [1.82, 2.24) is 9.80 Å². The largest absolute Gasteiger partial charge is 0.481 e. The first-order chi connectivity index (χ1) is 9.06. The number of carbonyl (C=O) groups excluding carboxylic acids is 1. The zero-order valence-electron chi connectivity index (χ0n) is 11.5. The molecule has 0 aromatic rings. The van der Waals surface area contributed by atoms with E-state index in [9.17, 15) is 9.59 Å². The number of carboxylic acid groups (broad SMARTS) is 1. The van der Waals surface area contributed by atoms with E-state index < -0.39 is 5.97 Å². The molecule has 0 spiro atoms. The Hall–Kier alpha value is -1.52. The van der Waals surface area contributed by atoms with Gasteiger partial charge >= 0.3 is 12.0 Å². The molecule has 0 radical (unpaired) electrons. The summed E-state index contributed by atoms with van der Waals surface area (Å²) >= 11 is 0. The lowest BCUT2D eigenvalue weighted by Gasteiger charge is -2.30. The SMILES string of the molecule is CC1=CCCN(C(=O)N2CCC(CCC(=O)O)C2)C1. The van der Waals surface area contributed by atoms with Gasteiger partial charge in [0, 0.05) is 32.6 Å². The smallest absolute Gasteiger partial charge is 0.320 e. The Balaban J connectivity index is 1.81. The molecule has 0 aromatic heterocycles. The molecule has 1 unspecified atom stereocenters. The molecule has 2 aliphatic heterocycles. The third kappa shape index (κ3) is 3.72. The zero-order chi connectivity index (χ0) is 13.8. The van der Waals surface area contributed by atoms with Crippen LogP contribution in [0.1, 0.15) is 32.6 Å². The van der Waals surface area contributed by atoms with Crippen molar-refractivity contribution in [3.05, 3.63) is 11.6 Å². The Morgan fingerprint density at radius 2 is 2.16 bits per heavy atom. The molecule has 5 nitrogen and oxygen atoms in total. The van der Waals surface area contributed by atoms with Crippen molar-refractivity contribution in [2.24, 2.45) is 5.92 Å². The lowest BCUT2D eigenvalue weighted by atomic mass is 10.0. The molecule has 5 heteroatoms. The fourth-order valence-electron chi connectivity index (χ4n) is 2.84. The number of nitrogens with zero attached hydrogens (tertiary/aromatic N) is 2. The van der Waals surface area contributed by atoms with Crippen molar-refractivity contribution in [1.29, 1.82) is 0 Å². The van der Waals surface area contributed by atoms with Gasteiger partial charge in [-0.25, -0.2) is 4.79 Å². The van der Waals surface area contributed by atoms with E-state index >= 15 is 0 Å². The number of urea groups is 1. The van der Waals surface area contributed by atoms with Gasteiger partial charge in [0.05, 0.1) is 0 Å². The number of rotatable bonds is 3. The Bertz CT molecular complexity index is 392. The first kappa shape index (κ1) is 13.9. The van der Waals surface area contributed by atoms with Crippen LogP contribution < -0.4 is 0 Å². The van der Waals surface area contributed by atoms with Crippen LogP contribution in [-0.2, 0) is 4.79 Å². The van der Waals surface area contributed by atoms with Crippen LogP contribution in [0.2, 0.25) is 0 Å². The predicted molar refractivity (Wildman–Crippen MR) is 71.9 cm³/mol. The van der Waals surface area contributed by atoms with Crippen LogP contribution in [0, 0.1) is 5.92 Å². The minimum Gasteiger partial charge on any atom is -0.481 e.